The third-order valence-electron chi connectivity index (χ3n) is 11.4. The molecule has 4 nitrogen and oxygen atoms in total. The van der Waals surface area contributed by atoms with Gasteiger partial charge in [-0.05, 0) is 101 Å². The van der Waals surface area contributed by atoms with Gasteiger partial charge in [0.05, 0.1) is 0 Å². The van der Waals surface area contributed by atoms with Crippen LogP contribution in [0.3, 0.4) is 0 Å². The van der Waals surface area contributed by atoms with Crippen LogP contribution < -0.4 is 14.5 Å². The maximum absolute atomic E-state index is 6.40. The van der Waals surface area contributed by atoms with E-state index in [4.69, 9.17) is 9.15 Å². The van der Waals surface area contributed by atoms with Gasteiger partial charge in [0.2, 0.25) is 0 Å². The Hall–Kier alpha value is -7.56. The number of ether oxygens (including phenoxy) is 1. The average Bonchev–Trinajstić information content (AvgIpc) is 3.86. The van der Waals surface area contributed by atoms with E-state index in [1.54, 1.807) is 0 Å². The fourth-order valence-electron chi connectivity index (χ4n) is 8.53. The highest BCUT2D eigenvalue weighted by Gasteiger charge is 2.32. The van der Waals surface area contributed by atoms with Crippen molar-refractivity contribution in [2.24, 2.45) is 0 Å². The minimum Gasteiger partial charge on any atom is -0.485 e. The molecule has 276 valence electrons. The van der Waals surface area contributed by atoms with Gasteiger partial charge in [-0.3, -0.25) is 0 Å². The summed E-state index contributed by atoms with van der Waals surface area (Å²) in [6, 6.07) is 68.8. The van der Waals surface area contributed by atoms with Gasteiger partial charge in [-0.15, -0.1) is 0 Å². The van der Waals surface area contributed by atoms with Gasteiger partial charge in [0, 0.05) is 68.5 Å². The van der Waals surface area contributed by atoms with Gasteiger partial charge in [0.1, 0.15) is 23.0 Å². The fourth-order valence-corrected chi connectivity index (χ4v) is 8.53. The minimum atomic E-state index is 0.0615. The number of hydrogen-bond acceptors (Lipinski definition) is 4. The molecule has 0 N–H and O–H groups in total. The predicted molar refractivity (Wildman–Crippen MR) is 239 cm³/mol. The largest absolute Gasteiger partial charge is 0.485 e. The normalized spacial score (nSPS) is 15.2. The SMILES string of the molecule is C1=CC2Oc3cc(N(c4ccccc4)c4ccc(-c5ccc(-c6ccc(N(c7ccccc7)c7ccc8c(c7)oc7ccccc78)cc6)cc5)cc4)ccc3C2C=C1. The van der Waals surface area contributed by atoms with Crippen LogP contribution in [0.25, 0.3) is 44.2 Å². The zero-order chi connectivity index (χ0) is 38.4. The first-order valence-electron chi connectivity index (χ1n) is 19.8. The van der Waals surface area contributed by atoms with Crippen LogP contribution in [0.2, 0.25) is 0 Å². The summed E-state index contributed by atoms with van der Waals surface area (Å²) in [6.07, 6.45) is 8.63. The summed E-state index contributed by atoms with van der Waals surface area (Å²) in [6.45, 7) is 0. The Morgan fingerprint density at radius 2 is 0.828 bits per heavy atom. The molecule has 2 heterocycles. The molecule has 0 spiro atoms. The van der Waals surface area contributed by atoms with E-state index in [0.717, 1.165) is 67.4 Å². The van der Waals surface area contributed by atoms with E-state index in [2.05, 4.69) is 216 Å². The van der Waals surface area contributed by atoms with E-state index in [0.29, 0.717) is 0 Å². The molecule has 2 unspecified atom stereocenters. The molecule has 0 radical (unpaired) electrons. The Labute approximate surface area is 337 Å². The van der Waals surface area contributed by atoms with E-state index < -0.39 is 0 Å². The lowest BCUT2D eigenvalue weighted by Gasteiger charge is -2.26. The molecule has 58 heavy (non-hydrogen) atoms. The van der Waals surface area contributed by atoms with Gasteiger partial charge >= 0.3 is 0 Å². The number of furan rings is 1. The molecular weight excluding hydrogens is 709 g/mol. The fraction of sp³-hybridized carbons (Fsp3) is 0.0370. The molecule has 0 bridgehead atoms. The highest BCUT2D eigenvalue weighted by Crippen LogP contribution is 2.46. The molecule has 2 aliphatic rings. The van der Waals surface area contributed by atoms with Crippen molar-refractivity contribution in [3.8, 4) is 28.0 Å². The Morgan fingerprint density at radius 1 is 0.362 bits per heavy atom. The van der Waals surface area contributed by atoms with Crippen LogP contribution in [-0.2, 0) is 0 Å². The summed E-state index contributed by atoms with van der Waals surface area (Å²) in [5.41, 5.74) is 14.1. The van der Waals surface area contributed by atoms with Crippen molar-refractivity contribution in [2.75, 3.05) is 9.80 Å². The molecule has 1 aliphatic carbocycles. The van der Waals surface area contributed by atoms with Crippen LogP contribution in [0.15, 0.2) is 223 Å². The Kier molecular flexibility index (Phi) is 8.25. The first-order valence-corrected chi connectivity index (χ1v) is 19.8. The summed E-state index contributed by atoms with van der Waals surface area (Å²) in [5, 5.41) is 2.25. The maximum atomic E-state index is 6.40. The van der Waals surface area contributed by atoms with Crippen LogP contribution in [0.1, 0.15) is 11.5 Å². The number of allylic oxidation sites excluding steroid dienone is 2. The predicted octanol–water partition coefficient (Wildman–Crippen LogP) is 14.8. The first-order chi connectivity index (χ1) is 28.7. The molecule has 0 saturated heterocycles. The summed E-state index contributed by atoms with van der Waals surface area (Å²) in [4.78, 5) is 4.57. The van der Waals surface area contributed by atoms with E-state index in [9.17, 15) is 0 Å². The van der Waals surface area contributed by atoms with Gasteiger partial charge in [-0.2, -0.15) is 0 Å². The van der Waals surface area contributed by atoms with Crippen molar-refractivity contribution < 1.29 is 9.15 Å². The molecule has 0 amide bonds. The zero-order valence-corrected chi connectivity index (χ0v) is 31.7. The van der Waals surface area contributed by atoms with Gasteiger partial charge in [0.25, 0.3) is 0 Å². The number of fused-ring (bicyclic) bond motifs is 6. The van der Waals surface area contributed by atoms with E-state index >= 15 is 0 Å². The monoisotopic (exact) mass is 746 g/mol. The van der Waals surface area contributed by atoms with Crippen LogP contribution in [0, 0.1) is 0 Å². The summed E-state index contributed by atoms with van der Waals surface area (Å²) in [5.74, 6) is 1.22. The molecule has 11 rings (SSSR count). The van der Waals surface area contributed by atoms with Gasteiger partial charge in [0.15, 0.2) is 0 Å². The van der Waals surface area contributed by atoms with E-state index in [-0.39, 0.29) is 12.0 Å². The van der Waals surface area contributed by atoms with Gasteiger partial charge < -0.3 is 19.0 Å². The molecule has 0 saturated carbocycles. The number of para-hydroxylation sites is 3. The van der Waals surface area contributed by atoms with Crippen molar-refractivity contribution in [3.05, 3.63) is 224 Å². The number of benzene rings is 8. The van der Waals surface area contributed by atoms with Gasteiger partial charge in [-0.25, -0.2) is 0 Å². The van der Waals surface area contributed by atoms with E-state index in [1.165, 1.54) is 22.3 Å². The van der Waals surface area contributed by atoms with Crippen LogP contribution in [0.4, 0.5) is 34.1 Å². The second kappa shape index (κ2) is 14.2. The van der Waals surface area contributed by atoms with Crippen molar-refractivity contribution in [1.29, 1.82) is 0 Å². The number of rotatable bonds is 8. The third-order valence-corrected chi connectivity index (χ3v) is 11.4. The molecule has 2 atom stereocenters. The lowest BCUT2D eigenvalue weighted by Crippen LogP contribution is -2.15. The Balaban J connectivity index is 0.856. The first kappa shape index (κ1) is 33.8. The van der Waals surface area contributed by atoms with Crippen LogP contribution in [-0.4, -0.2) is 6.10 Å². The lowest BCUT2D eigenvalue weighted by atomic mass is 9.92. The Morgan fingerprint density at radius 3 is 1.45 bits per heavy atom. The summed E-state index contributed by atoms with van der Waals surface area (Å²) in [7, 11) is 0. The molecule has 8 aromatic carbocycles. The average molecular weight is 747 g/mol. The molecule has 0 fully saturated rings. The number of hydrogen-bond donors (Lipinski definition) is 0. The quantitative estimate of drug-likeness (QED) is 0.155. The minimum absolute atomic E-state index is 0.0615. The molecule has 9 aromatic rings. The molecule has 1 aliphatic heterocycles. The van der Waals surface area contributed by atoms with Crippen molar-refractivity contribution in [2.45, 2.75) is 12.0 Å². The topological polar surface area (TPSA) is 28.9 Å². The second-order valence-electron chi connectivity index (χ2n) is 14.9. The zero-order valence-electron chi connectivity index (χ0n) is 31.7. The highest BCUT2D eigenvalue weighted by atomic mass is 16.5. The number of nitrogens with zero attached hydrogens (tertiary/aromatic N) is 2. The van der Waals surface area contributed by atoms with Crippen molar-refractivity contribution in [3.63, 3.8) is 0 Å². The van der Waals surface area contributed by atoms with Crippen LogP contribution >= 0.6 is 0 Å². The third kappa shape index (κ3) is 6.03. The van der Waals surface area contributed by atoms with Crippen molar-refractivity contribution in [1.82, 2.24) is 0 Å². The van der Waals surface area contributed by atoms with E-state index in [1.807, 2.05) is 12.1 Å². The maximum Gasteiger partial charge on any atom is 0.137 e. The van der Waals surface area contributed by atoms with Crippen LogP contribution in [0.5, 0.6) is 5.75 Å². The smallest absolute Gasteiger partial charge is 0.137 e. The molecule has 4 heteroatoms. The summed E-state index contributed by atoms with van der Waals surface area (Å²) < 4.78 is 12.7. The second-order valence-corrected chi connectivity index (χ2v) is 14.9. The van der Waals surface area contributed by atoms with Gasteiger partial charge in [-0.1, -0.05) is 127 Å². The lowest BCUT2D eigenvalue weighted by molar-refractivity contribution is 0.269. The standard InChI is InChI=1S/C54H38N2O2/c1-3-11-41(12-4-1)55(45-31-33-49-47-15-7-9-17-51(47)57-53(49)35-45)43-27-23-39(24-28-43)37-19-21-38(22-20-37)40-25-29-44(30-26-40)56(42-13-5-2-6-14-42)46-32-34-50-48-16-8-10-18-52(48)58-54(50)36-46/h1-36,47,51H. The molecule has 1 aromatic heterocycles. The number of anilines is 6. The molecular formula is C54H38N2O2. The van der Waals surface area contributed by atoms with Crippen molar-refractivity contribution >= 4 is 56.1 Å². The Bertz CT molecular complexity index is 2970. The summed E-state index contributed by atoms with van der Waals surface area (Å²) >= 11 is 0. The highest BCUT2D eigenvalue weighted by molar-refractivity contribution is 6.06.